The van der Waals surface area contributed by atoms with Gasteiger partial charge in [0.2, 0.25) is 5.91 Å². The second-order valence-corrected chi connectivity index (χ2v) is 9.98. The maximum absolute atomic E-state index is 13.0. The molecule has 8 nitrogen and oxygen atoms in total. The largest absolute Gasteiger partial charge is 0.361 e. The monoisotopic (exact) mass is 484 g/mol. The van der Waals surface area contributed by atoms with Crippen molar-refractivity contribution in [2.45, 2.75) is 25.8 Å². The molecule has 2 aliphatic rings. The number of aromatic amines is 1. The van der Waals surface area contributed by atoms with Crippen LogP contribution in [0, 0.1) is 0 Å². The van der Waals surface area contributed by atoms with E-state index in [1.165, 1.54) is 0 Å². The molecule has 0 unspecified atom stereocenters. The summed E-state index contributed by atoms with van der Waals surface area (Å²) >= 11 is 0. The van der Waals surface area contributed by atoms with Crippen molar-refractivity contribution in [3.05, 3.63) is 65.6 Å². The third-order valence-electron chi connectivity index (χ3n) is 7.72. The van der Waals surface area contributed by atoms with Gasteiger partial charge in [0.25, 0.3) is 5.91 Å². The smallest absolute Gasteiger partial charge is 0.253 e. The number of H-pyrrole nitrogens is 1. The van der Waals surface area contributed by atoms with Gasteiger partial charge in [-0.3, -0.25) is 14.5 Å². The minimum Gasteiger partial charge on any atom is -0.361 e. The molecule has 2 aliphatic heterocycles. The molecule has 2 aromatic heterocycles. The van der Waals surface area contributed by atoms with E-state index in [-0.39, 0.29) is 11.8 Å². The molecule has 0 aliphatic carbocycles. The standard InChI is InChI=1S/C28H32N6O2/c1-31-25-9-8-20(28(36)34-10-4-5-11-34)16-24(25)30-26(31)19-32-12-14-33(15-13-32)27(35)17-21-18-29-23-7-3-2-6-22(21)23/h2-3,6-9,16,18,29H,4-5,10-15,17,19H2,1H3. The van der Waals surface area contributed by atoms with Crippen molar-refractivity contribution in [2.24, 2.45) is 7.05 Å². The molecule has 0 saturated carbocycles. The summed E-state index contributed by atoms with van der Waals surface area (Å²) in [5.41, 5.74) is 4.75. The number of piperazine rings is 1. The Bertz CT molecular complexity index is 1420. The quantitative estimate of drug-likeness (QED) is 0.472. The van der Waals surface area contributed by atoms with Gasteiger partial charge in [0.1, 0.15) is 5.82 Å². The fourth-order valence-corrected chi connectivity index (χ4v) is 5.53. The molecule has 2 amide bonds. The Kier molecular flexibility index (Phi) is 5.97. The first-order valence-corrected chi connectivity index (χ1v) is 12.9. The predicted molar refractivity (Wildman–Crippen MR) is 140 cm³/mol. The number of rotatable bonds is 5. The molecular weight excluding hydrogens is 452 g/mol. The number of hydrogen-bond acceptors (Lipinski definition) is 4. The molecule has 0 radical (unpaired) electrons. The number of likely N-dealkylation sites (tertiary alicyclic amines) is 1. The molecule has 8 heteroatoms. The van der Waals surface area contributed by atoms with Gasteiger partial charge < -0.3 is 19.4 Å². The summed E-state index contributed by atoms with van der Waals surface area (Å²) in [7, 11) is 2.04. The van der Waals surface area contributed by atoms with Gasteiger partial charge in [-0.15, -0.1) is 0 Å². The zero-order valence-corrected chi connectivity index (χ0v) is 20.7. The lowest BCUT2D eigenvalue weighted by Crippen LogP contribution is -2.48. The van der Waals surface area contributed by atoms with E-state index in [4.69, 9.17) is 4.98 Å². The number of nitrogens with one attached hydrogen (secondary N) is 1. The number of aryl methyl sites for hydroxylation is 1. The minimum atomic E-state index is 0.107. The molecule has 6 rings (SSSR count). The Morgan fingerprint density at radius 3 is 2.53 bits per heavy atom. The molecule has 36 heavy (non-hydrogen) atoms. The van der Waals surface area contributed by atoms with E-state index in [2.05, 4.69) is 20.5 Å². The number of nitrogens with zero attached hydrogens (tertiary/aromatic N) is 5. The van der Waals surface area contributed by atoms with Crippen molar-refractivity contribution >= 4 is 33.8 Å². The average molecular weight is 485 g/mol. The summed E-state index contributed by atoms with van der Waals surface area (Å²) in [5, 5.41) is 1.12. The molecular formula is C28H32N6O2. The molecule has 0 atom stereocenters. The Morgan fingerprint density at radius 1 is 0.944 bits per heavy atom. The molecule has 0 spiro atoms. The maximum atomic E-state index is 13.0. The summed E-state index contributed by atoms with van der Waals surface area (Å²) < 4.78 is 2.12. The van der Waals surface area contributed by atoms with Gasteiger partial charge in [0.05, 0.1) is 24.0 Å². The highest BCUT2D eigenvalue weighted by Crippen LogP contribution is 2.22. The number of aromatic nitrogens is 3. The molecule has 0 bridgehead atoms. The van der Waals surface area contributed by atoms with Gasteiger partial charge in [-0.25, -0.2) is 4.98 Å². The number of para-hydroxylation sites is 1. The fraction of sp³-hybridized carbons (Fsp3) is 0.393. The fourth-order valence-electron chi connectivity index (χ4n) is 5.53. The summed E-state index contributed by atoms with van der Waals surface area (Å²) in [6.07, 6.45) is 4.55. The van der Waals surface area contributed by atoms with E-state index in [9.17, 15) is 9.59 Å². The first-order chi connectivity index (χ1) is 17.6. The highest BCUT2D eigenvalue weighted by Gasteiger charge is 2.24. The van der Waals surface area contributed by atoms with Crippen LogP contribution in [0.2, 0.25) is 0 Å². The zero-order chi connectivity index (χ0) is 24.6. The molecule has 2 aromatic carbocycles. The van der Waals surface area contributed by atoms with Crippen molar-refractivity contribution in [1.29, 1.82) is 0 Å². The van der Waals surface area contributed by atoms with E-state index < -0.39 is 0 Å². The van der Waals surface area contributed by atoms with Crippen molar-refractivity contribution in [1.82, 2.24) is 29.2 Å². The molecule has 186 valence electrons. The number of amides is 2. The van der Waals surface area contributed by atoms with Gasteiger partial charge in [-0.05, 0) is 42.7 Å². The summed E-state index contributed by atoms with van der Waals surface area (Å²) in [5.74, 6) is 1.27. The Balaban J connectivity index is 1.08. The van der Waals surface area contributed by atoms with Crippen molar-refractivity contribution in [3.63, 3.8) is 0 Å². The van der Waals surface area contributed by atoms with Crippen LogP contribution in [0.5, 0.6) is 0 Å². The summed E-state index contributed by atoms with van der Waals surface area (Å²) in [6.45, 7) is 5.51. The predicted octanol–water partition coefficient (Wildman–Crippen LogP) is 3.18. The van der Waals surface area contributed by atoms with Crippen LogP contribution < -0.4 is 0 Å². The lowest BCUT2D eigenvalue weighted by Gasteiger charge is -2.34. The topological polar surface area (TPSA) is 77.5 Å². The first kappa shape index (κ1) is 22.8. The highest BCUT2D eigenvalue weighted by molar-refractivity contribution is 5.97. The Morgan fingerprint density at radius 2 is 1.72 bits per heavy atom. The third-order valence-corrected chi connectivity index (χ3v) is 7.72. The van der Waals surface area contributed by atoms with Crippen LogP contribution in [0.15, 0.2) is 48.7 Å². The molecule has 2 saturated heterocycles. The minimum absolute atomic E-state index is 0.107. The SMILES string of the molecule is Cn1c(CN2CCN(C(=O)Cc3c[nH]c4ccccc34)CC2)nc2cc(C(=O)N3CCCC3)ccc21. The summed E-state index contributed by atoms with van der Waals surface area (Å²) in [4.78, 5) is 40.2. The van der Waals surface area contributed by atoms with Crippen LogP contribution >= 0.6 is 0 Å². The van der Waals surface area contributed by atoms with Crippen molar-refractivity contribution in [3.8, 4) is 0 Å². The lowest BCUT2D eigenvalue weighted by molar-refractivity contribution is -0.132. The number of fused-ring (bicyclic) bond motifs is 2. The number of hydrogen-bond donors (Lipinski definition) is 1. The molecule has 4 aromatic rings. The second kappa shape index (κ2) is 9.43. The van der Waals surface area contributed by atoms with Gasteiger partial charge in [-0.1, -0.05) is 18.2 Å². The van der Waals surface area contributed by atoms with Gasteiger partial charge in [0, 0.05) is 69.0 Å². The zero-order valence-electron chi connectivity index (χ0n) is 20.7. The Labute approximate surface area is 210 Å². The van der Waals surface area contributed by atoms with E-state index in [1.54, 1.807) is 0 Å². The van der Waals surface area contributed by atoms with E-state index in [0.717, 1.165) is 97.5 Å². The van der Waals surface area contributed by atoms with Crippen LogP contribution in [-0.4, -0.2) is 80.3 Å². The highest BCUT2D eigenvalue weighted by atomic mass is 16.2. The van der Waals surface area contributed by atoms with E-state index in [1.807, 2.05) is 59.4 Å². The number of imidazole rings is 1. The lowest BCUT2D eigenvalue weighted by atomic mass is 10.1. The average Bonchev–Trinajstić information content (AvgIpc) is 3.65. The molecule has 4 heterocycles. The maximum Gasteiger partial charge on any atom is 0.253 e. The van der Waals surface area contributed by atoms with Gasteiger partial charge in [-0.2, -0.15) is 0 Å². The van der Waals surface area contributed by atoms with E-state index >= 15 is 0 Å². The third kappa shape index (κ3) is 4.26. The van der Waals surface area contributed by atoms with E-state index in [0.29, 0.717) is 6.42 Å². The van der Waals surface area contributed by atoms with Crippen LogP contribution in [0.25, 0.3) is 21.9 Å². The van der Waals surface area contributed by atoms with Gasteiger partial charge >= 0.3 is 0 Å². The van der Waals surface area contributed by atoms with Crippen molar-refractivity contribution in [2.75, 3.05) is 39.3 Å². The van der Waals surface area contributed by atoms with Crippen LogP contribution in [0.1, 0.15) is 34.6 Å². The number of carbonyl (C=O) groups is 2. The van der Waals surface area contributed by atoms with Crippen LogP contribution in [0.4, 0.5) is 0 Å². The van der Waals surface area contributed by atoms with Crippen LogP contribution in [0.3, 0.4) is 0 Å². The molecule has 2 fully saturated rings. The molecule has 1 N–H and O–H groups in total. The Hall–Kier alpha value is -3.65. The van der Waals surface area contributed by atoms with Crippen molar-refractivity contribution < 1.29 is 9.59 Å². The summed E-state index contributed by atoms with van der Waals surface area (Å²) in [6, 6.07) is 14.0. The first-order valence-electron chi connectivity index (χ1n) is 12.9. The van der Waals surface area contributed by atoms with Crippen LogP contribution in [-0.2, 0) is 24.8 Å². The second-order valence-electron chi connectivity index (χ2n) is 9.98. The number of carbonyl (C=O) groups excluding carboxylic acids is 2. The number of benzene rings is 2. The normalized spacial score (nSPS) is 16.9. The van der Waals surface area contributed by atoms with Gasteiger partial charge in [0.15, 0.2) is 0 Å².